The molecule has 0 radical (unpaired) electrons. The van der Waals surface area contributed by atoms with Crippen molar-refractivity contribution < 1.29 is 9.90 Å². The van der Waals surface area contributed by atoms with Crippen molar-refractivity contribution in [2.45, 2.75) is 13.8 Å². The van der Waals surface area contributed by atoms with Crippen molar-refractivity contribution in [3.05, 3.63) is 24.6 Å². The zero-order valence-electron chi connectivity index (χ0n) is 7.79. The summed E-state index contributed by atoms with van der Waals surface area (Å²) in [5.41, 5.74) is -0.599. The quantitative estimate of drug-likeness (QED) is 0.640. The molecular formula is C10H13NO2. The van der Waals surface area contributed by atoms with Crippen LogP contribution in [0, 0.1) is 17.8 Å². The van der Waals surface area contributed by atoms with Crippen molar-refractivity contribution in [2.24, 2.45) is 5.41 Å². The Morgan fingerprint density at radius 3 is 2.62 bits per heavy atom. The standard InChI is InChI=1S/C10H13NO2/c1-5-10(4,9(12)13)7-8(3)11-6-2/h1,6-7,11H,2H2,3-4H3,(H,12,13)/b8-7+/t10-/m0/s1. The minimum absolute atomic E-state index is 0.665. The minimum Gasteiger partial charge on any atom is -0.480 e. The summed E-state index contributed by atoms with van der Waals surface area (Å²) in [7, 11) is 0. The Kier molecular flexibility index (Phi) is 3.80. The van der Waals surface area contributed by atoms with Crippen molar-refractivity contribution >= 4 is 5.97 Å². The number of carboxylic acid groups (broad SMARTS) is 1. The third kappa shape index (κ3) is 3.04. The summed E-state index contributed by atoms with van der Waals surface area (Å²) in [6.07, 6.45) is 8.06. The predicted octanol–water partition coefficient (Wildman–Crippen LogP) is 1.35. The molecule has 0 unspecified atom stereocenters. The van der Waals surface area contributed by atoms with E-state index in [-0.39, 0.29) is 0 Å². The van der Waals surface area contributed by atoms with Gasteiger partial charge in [0.1, 0.15) is 5.41 Å². The number of rotatable bonds is 4. The first-order chi connectivity index (χ1) is 5.96. The molecule has 0 amide bonds. The zero-order valence-corrected chi connectivity index (χ0v) is 7.79. The molecule has 0 heterocycles. The topological polar surface area (TPSA) is 49.3 Å². The van der Waals surface area contributed by atoms with Crippen LogP contribution in [0.1, 0.15) is 13.8 Å². The first-order valence-corrected chi connectivity index (χ1v) is 3.74. The van der Waals surface area contributed by atoms with Gasteiger partial charge in [-0.3, -0.25) is 4.79 Å². The molecule has 13 heavy (non-hydrogen) atoms. The lowest BCUT2D eigenvalue weighted by atomic mass is 9.91. The normalized spacial score (nSPS) is 15.3. The van der Waals surface area contributed by atoms with E-state index in [4.69, 9.17) is 11.5 Å². The number of allylic oxidation sites excluding steroid dienone is 1. The third-order valence-corrected chi connectivity index (χ3v) is 1.58. The Bertz CT molecular complexity index is 286. The van der Waals surface area contributed by atoms with E-state index >= 15 is 0 Å². The van der Waals surface area contributed by atoms with E-state index in [1.165, 1.54) is 19.2 Å². The number of hydrogen-bond acceptors (Lipinski definition) is 2. The monoisotopic (exact) mass is 179 g/mol. The van der Waals surface area contributed by atoms with Crippen LogP contribution in [0.5, 0.6) is 0 Å². The van der Waals surface area contributed by atoms with Crippen LogP contribution in [0.2, 0.25) is 0 Å². The molecule has 0 aromatic carbocycles. The van der Waals surface area contributed by atoms with Gasteiger partial charge in [0, 0.05) is 5.70 Å². The van der Waals surface area contributed by atoms with Crippen LogP contribution in [0.15, 0.2) is 24.6 Å². The van der Waals surface area contributed by atoms with Crippen molar-refractivity contribution in [1.29, 1.82) is 0 Å². The van der Waals surface area contributed by atoms with Gasteiger partial charge < -0.3 is 10.4 Å². The molecule has 70 valence electrons. The number of carbonyl (C=O) groups is 1. The van der Waals surface area contributed by atoms with Gasteiger partial charge in [0.25, 0.3) is 0 Å². The molecule has 2 N–H and O–H groups in total. The second-order valence-corrected chi connectivity index (χ2v) is 2.83. The van der Waals surface area contributed by atoms with Crippen LogP contribution in [-0.4, -0.2) is 11.1 Å². The molecule has 0 saturated carbocycles. The Hall–Kier alpha value is -1.69. The Labute approximate surface area is 78.1 Å². The van der Waals surface area contributed by atoms with Crippen LogP contribution in [-0.2, 0) is 4.79 Å². The number of aliphatic carboxylic acids is 1. The maximum atomic E-state index is 10.8. The van der Waals surface area contributed by atoms with Gasteiger partial charge in [0.15, 0.2) is 0 Å². The van der Waals surface area contributed by atoms with Crippen molar-refractivity contribution in [3.63, 3.8) is 0 Å². The number of carboxylic acids is 1. The van der Waals surface area contributed by atoms with E-state index in [1.54, 1.807) is 6.92 Å². The molecule has 0 aliphatic heterocycles. The molecule has 3 heteroatoms. The van der Waals surface area contributed by atoms with Gasteiger partial charge in [-0.25, -0.2) is 0 Å². The van der Waals surface area contributed by atoms with Crippen molar-refractivity contribution in [2.75, 3.05) is 0 Å². The average molecular weight is 179 g/mol. The van der Waals surface area contributed by atoms with E-state index in [2.05, 4.69) is 17.8 Å². The highest BCUT2D eigenvalue weighted by molar-refractivity contribution is 5.80. The maximum Gasteiger partial charge on any atom is 0.325 e. The molecule has 0 rings (SSSR count). The van der Waals surface area contributed by atoms with Gasteiger partial charge >= 0.3 is 5.97 Å². The summed E-state index contributed by atoms with van der Waals surface area (Å²) >= 11 is 0. The summed E-state index contributed by atoms with van der Waals surface area (Å²) in [6.45, 7) is 6.63. The Morgan fingerprint density at radius 1 is 1.77 bits per heavy atom. The lowest BCUT2D eigenvalue weighted by Crippen LogP contribution is -2.24. The predicted molar refractivity (Wildman–Crippen MR) is 51.7 cm³/mol. The second-order valence-electron chi connectivity index (χ2n) is 2.83. The molecule has 1 atom stereocenters. The molecule has 0 aromatic heterocycles. The Morgan fingerprint density at radius 2 is 2.31 bits per heavy atom. The van der Waals surface area contributed by atoms with E-state index in [1.807, 2.05) is 0 Å². The SMILES string of the molecule is C#C[C@@](C)(/C=C(\C)NC=C)C(=O)O. The highest BCUT2D eigenvalue weighted by Gasteiger charge is 2.27. The largest absolute Gasteiger partial charge is 0.480 e. The van der Waals surface area contributed by atoms with E-state index in [9.17, 15) is 4.79 Å². The second kappa shape index (κ2) is 4.36. The molecule has 0 bridgehead atoms. The fourth-order valence-electron chi connectivity index (χ4n) is 0.801. The molecule has 0 aliphatic rings. The van der Waals surface area contributed by atoms with E-state index in [0.717, 1.165) is 0 Å². The molecule has 0 spiro atoms. The average Bonchev–Trinajstić information content (AvgIpc) is 2.04. The van der Waals surface area contributed by atoms with Gasteiger partial charge in [-0.05, 0) is 26.1 Å². The van der Waals surface area contributed by atoms with Gasteiger partial charge in [0.2, 0.25) is 0 Å². The molecule has 0 saturated heterocycles. The fraction of sp³-hybridized carbons (Fsp3) is 0.300. The van der Waals surface area contributed by atoms with Gasteiger partial charge in [-0.1, -0.05) is 12.5 Å². The van der Waals surface area contributed by atoms with Crippen LogP contribution in [0.3, 0.4) is 0 Å². The number of terminal acetylenes is 1. The summed E-state index contributed by atoms with van der Waals surface area (Å²) in [4.78, 5) is 10.8. The lowest BCUT2D eigenvalue weighted by molar-refractivity contribution is -0.142. The first-order valence-electron chi connectivity index (χ1n) is 3.74. The fourth-order valence-corrected chi connectivity index (χ4v) is 0.801. The summed E-state index contributed by atoms with van der Waals surface area (Å²) in [5.74, 6) is 1.18. The molecule has 0 aromatic rings. The van der Waals surface area contributed by atoms with Crippen molar-refractivity contribution in [1.82, 2.24) is 5.32 Å². The molecular weight excluding hydrogens is 166 g/mol. The van der Waals surface area contributed by atoms with Crippen LogP contribution in [0.4, 0.5) is 0 Å². The highest BCUT2D eigenvalue weighted by atomic mass is 16.4. The van der Waals surface area contributed by atoms with Crippen LogP contribution < -0.4 is 5.32 Å². The number of hydrogen-bond donors (Lipinski definition) is 2. The Balaban J connectivity index is 4.83. The maximum absolute atomic E-state index is 10.8. The van der Waals surface area contributed by atoms with Gasteiger partial charge in [-0.15, -0.1) is 6.42 Å². The summed E-state index contributed by atoms with van der Waals surface area (Å²) in [5, 5.41) is 11.6. The van der Waals surface area contributed by atoms with Crippen molar-refractivity contribution in [3.8, 4) is 12.3 Å². The van der Waals surface area contributed by atoms with E-state index in [0.29, 0.717) is 5.70 Å². The number of nitrogens with one attached hydrogen (secondary N) is 1. The smallest absolute Gasteiger partial charge is 0.325 e. The van der Waals surface area contributed by atoms with E-state index < -0.39 is 11.4 Å². The first kappa shape index (κ1) is 11.3. The molecule has 0 fully saturated rings. The lowest BCUT2D eigenvalue weighted by Gasteiger charge is -2.14. The van der Waals surface area contributed by atoms with Gasteiger partial charge in [-0.2, -0.15) is 0 Å². The molecule has 0 aliphatic carbocycles. The minimum atomic E-state index is -1.26. The summed E-state index contributed by atoms with van der Waals surface area (Å²) < 4.78 is 0. The third-order valence-electron chi connectivity index (χ3n) is 1.58. The summed E-state index contributed by atoms with van der Waals surface area (Å²) in [6, 6.07) is 0. The van der Waals surface area contributed by atoms with Crippen LogP contribution in [0.25, 0.3) is 0 Å². The zero-order chi connectivity index (χ0) is 10.5. The molecule has 3 nitrogen and oxygen atoms in total. The van der Waals surface area contributed by atoms with Gasteiger partial charge in [0.05, 0.1) is 0 Å². The highest BCUT2D eigenvalue weighted by Crippen LogP contribution is 2.18. The van der Waals surface area contributed by atoms with Crippen LogP contribution >= 0.6 is 0 Å².